The van der Waals surface area contributed by atoms with Crippen molar-refractivity contribution in [2.45, 2.75) is 6.04 Å². The maximum atomic E-state index is 5.43. The molecule has 0 spiro atoms. The Morgan fingerprint density at radius 2 is 2.29 bits per heavy atom. The van der Waals surface area contributed by atoms with Gasteiger partial charge in [-0.25, -0.2) is 5.43 Å². The molecule has 2 rings (SSSR count). The zero-order valence-corrected chi connectivity index (χ0v) is 7.98. The highest BCUT2D eigenvalue weighted by Gasteiger charge is 2.15. The molecule has 2 aromatic rings. The number of nitrogens with zero attached hydrogens (tertiary/aromatic N) is 4. The Balaban J connectivity index is 2.31. The van der Waals surface area contributed by atoms with E-state index in [1.54, 1.807) is 24.8 Å². The van der Waals surface area contributed by atoms with E-state index in [0.717, 1.165) is 10.6 Å². The zero-order valence-electron chi connectivity index (χ0n) is 7.16. The van der Waals surface area contributed by atoms with Gasteiger partial charge in [-0.3, -0.25) is 15.8 Å². The maximum absolute atomic E-state index is 5.43. The molecule has 0 saturated heterocycles. The average molecular weight is 208 g/mol. The molecule has 7 heteroatoms. The lowest BCUT2D eigenvalue weighted by atomic mass is 10.2. The molecular formula is C7H8N6S. The third-order valence-electron chi connectivity index (χ3n) is 1.71. The fraction of sp³-hybridized carbons (Fsp3) is 0.143. The van der Waals surface area contributed by atoms with Crippen LogP contribution in [0.2, 0.25) is 0 Å². The molecule has 0 aliphatic heterocycles. The first-order valence-electron chi connectivity index (χ1n) is 3.91. The molecule has 1 unspecified atom stereocenters. The molecule has 2 aromatic heterocycles. The fourth-order valence-electron chi connectivity index (χ4n) is 1.07. The average Bonchev–Trinajstić information content (AvgIpc) is 2.74. The number of rotatable bonds is 3. The van der Waals surface area contributed by atoms with Gasteiger partial charge in [0.1, 0.15) is 6.04 Å². The van der Waals surface area contributed by atoms with E-state index in [2.05, 4.69) is 25.0 Å². The van der Waals surface area contributed by atoms with E-state index in [9.17, 15) is 0 Å². The SMILES string of the molecule is NNC(c1cnccn1)c1cnns1. The second kappa shape index (κ2) is 4.18. The Bertz CT molecular complexity index is 374. The summed E-state index contributed by atoms with van der Waals surface area (Å²) in [4.78, 5) is 9.03. The van der Waals surface area contributed by atoms with Crippen LogP contribution in [0.25, 0.3) is 0 Å². The smallest absolute Gasteiger partial charge is 0.102 e. The fourth-order valence-corrected chi connectivity index (χ4v) is 1.65. The summed E-state index contributed by atoms with van der Waals surface area (Å²) in [6.07, 6.45) is 6.55. The molecule has 0 saturated carbocycles. The van der Waals surface area contributed by atoms with Crippen molar-refractivity contribution in [3.8, 4) is 0 Å². The lowest BCUT2D eigenvalue weighted by molar-refractivity contribution is 0.626. The van der Waals surface area contributed by atoms with Crippen LogP contribution in [-0.4, -0.2) is 19.6 Å². The second-order valence-electron chi connectivity index (χ2n) is 2.55. The normalized spacial score (nSPS) is 12.6. The molecule has 0 fully saturated rings. The maximum Gasteiger partial charge on any atom is 0.102 e. The third kappa shape index (κ3) is 1.74. The Morgan fingerprint density at radius 3 is 2.86 bits per heavy atom. The molecule has 1 atom stereocenters. The van der Waals surface area contributed by atoms with E-state index in [1.807, 2.05) is 0 Å². The molecule has 0 amide bonds. The number of hydrazine groups is 1. The Kier molecular flexibility index (Phi) is 2.73. The highest BCUT2D eigenvalue weighted by molar-refractivity contribution is 7.05. The van der Waals surface area contributed by atoms with Gasteiger partial charge in [0.05, 0.1) is 23.0 Å². The van der Waals surface area contributed by atoms with Crippen molar-refractivity contribution in [1.82, 2.24) is 25.0 Å². The standard InChI is InChI=1S/C7H8N6S/c8-12-7(6-4-11-13-14-6)5-3-9-1-2-10-5/h1-4,7,12H,8H2. The summed E-state index contributed by atoms with van der Waals surface area (Å²) in [5, 5.41) is 3.74. The van der Waals surface area contributed by atoms with Gasteiger partial charge in [-0.2, -0.15) is 0 Å². The van der Waals surface area contributed by atoms with Crippen molar-refractivity contribution in [3.63, 3.8) is 0 Å². The molecular weight excluding hydrogens is 200 g/mol. The van der Waals surface area contributed by atoms with Crippen LogP contribution in [0.5, 0.6) is 0 Å². The zero-order chi connectivity index (χ0) is 9.80. The van der Waals surface area contributed by atoms with Crippen molar-refractivity contribution in [2.75, 3.05) is 0 Å². The minimum Gasteiger partial charge on any atom is -0.270 e. The first-order chi connectivity index (χ1) is 6.92. The molecule has 2 heterocycles. The van der Waals surface area contributed by atoms with Crippen LogP contribution in [0.1, 0.15) is 16.6 Å². The van der Waals surface area contributed by atoms with Crippen LogP contribution >= 0.6 is 11.5 Å². The minimum atomic E-state index is -0.191. The monoisotopic (exact) mass is 208 g/mol. The van der Waals surface area contributed by atoms with Crippen molar-refractivity contribution >= 4 is 11.5 Å². The first-order valence-corrected chi connectivity index (χ1v) is 4.68. The van der Waals surface area contributed by atoms with E-state index >= 15 is 0 Å². The number of nitrogens with one attached hydrogen (secondary N) is 1. The van der Waals surface area contributed by atoms with Gasteiger partial charge in [0.2, 0.25) is 0 Å². The number of hydrogen-bond donors (Lipinski definition) is 2. The summed E-state index contributed by atoms with van der Waals surface area (Å²) in [6, 6.07) is -0.191. The van der Waals surface area contributed by atoms with Gasteiger partial charge in [0.15, 0.2) is 0 Å². The van der Waals surface area contributed by atoms with Crippen LogP contribution in [-0.2, 0) is 0 Å². The summed E-state index contributed by atoms with van der Waals surface area (Å²) in [6.45, 7) is 0. The van der Waals surface area contributed by atoms with Gasteiger partial charge in [-0.1, -0.05) is 4.49 Å². The lowest BCUT2D eigenvalue weighted by Gasteiger charge is -2.10. The molecule has 6 nitrogen and oxygen atoms in total. The molecule has 72 valence electrons. The largest absolute Gasteiger partial charge is 0.270 e. The highest BCUT2D eigenvalue weighted by Crippen LogP contribution is 2.19. The quantitative estimate of drug-likeness (QED) is 0.540. The van der Waals surface area contributed by atoms with E-state index in [0.29, 0.717) is 0 Å². The van der Waals surface area contributed by atoms with Gasteiger partial charge in [-0.15, -0.1) is 5.10 Å². The number of hydrogen-bond acceptors (Lipinski definition) is 7. The van der Waals surface area contributed by atoms with Gasteiger partial charge in [-0.05, 0) is 11.5 Å². The molecule has 0 bridgehead atoms. The van der Waals surface area contributed by atoms with Crippen molar-refractivity contribution in [3.05, 3.63) is 35.4 Å². The Labute approximate surface area is 84.3 Å². The van der Waals surface area contributed by atoms with Gasteiger partial charge >= 0.3 is 0 Å². The van der Waals surface area contributed by atoms with E-state index in [4.69, 9.17) is 5.84 Å². The van der Waals surface area contributed by atoms with Crippen molar-refractivity contribution in [2.24, 2.45) is 5.84 Å². The highest BCUT2D eigenvalue weighted by atomic mass is 32.1. The predicted molar refractivity (Wildman–Crippen MR) is 51.1 cm³/mol. The molecule has 0 aliphatic rings. The summed E-state index contributed by atoms with van der Waals surface area (Å²) in [7, 11) is 0. The molecule has 0 aromatic carbocycles. The van der Waals surface area contributed by atoms with Gasteiger partial charge in [0, 0.05) is 12.4 Å². The van der Waals surface area contributed by atoms with Gasteiger partial charge in [0.25, 0.3) is 0 Å². The summed E-state index contributed by atoms with van der Waals surface area (Å²) < 4.78 is 3.76. The van der Waals surface area contributed by atoms with E-state index < -0.39 is 0 Å². The first kappa shape index (κ1) is 9.13. The molecule has 0 aliphatic carbocycles. The third-order valence-corrected chi connectivity index (χ3v) is 2.44. The Hall–Kier alpha value is -1.44. The number of aromatic nitrogens is 4. The summed E-state index contributed by atoms with van der Waals surface area (Å²) in [5.74, 6) is 5.43. The van der Waals surface area contributed by atoms with Crippen LogP contribution in [0.15, 0.2) is 24.8 Å². The van der Waals surface area contributed by atoms with Crippen molar-refractivity contribution in [1.29, 1.82) is 0 Å². The topological polar surface area (TPSA) is 89.6 Å². The molecule has 3 N–H and O–H groups in total. The van der Waals surface area contributed by atoms with E-state index in [1.165, 1.54) is 11.5 Å². The van der Waals surface area contributed by atoms with Crippen LogP contribution in [0.3, 0.4) is 0 Å². The van der Waals surface area contributed by atoms with Gasteiger partial charge < -0.3 is 0 Å². The predicted octanol–water partition coefficient (Wildman–Crippen LogP) is -0.119. The Morgan fingerprint density at radius 1 is 1.36 bits per heavy atom. The minimum absolute atomic E-state index is 0.191. The van der Waals surface area contributed by atoms with Crippen molar-refractivity contribution < 1.29 is 0 Å². The van der Waals surface area contributed by atoms with Crippen LogP contribution < -0.4 is 11.3 Å². The van der Waals surface area contributed by atoms with E-state index in [-0.39, 0.29) is 6.04 Å². The van der Waals surface area contributed by atoms with Crippen LogP contribution in [0.4, 0.5) is 0 Å². The summed E-state index contributed by atoms with van der Waals surface area (Å²) >= 11 is 1.28. The molecule has 14 heavy (non-hydrogen) atoms. The summed E-state index contributed by atoms with van der Waals surface area (Å²) in [5.41, 5.74) is 3.40. The number of nitrogens with two attached hydrogens (primary N) is 1. The van der Waals surface area contributed by atoms with Crippen LogP contribution in [0, 0.1) is 0 Å². The molecule has 0 radical (unpaired) electrons. The lowest BCUT2D eigenvalue weighted by Crippen LogP contribution is -2.28. The second-order valence-corrected chi connectivity index (χ2v) is 3.37.